The van der Waals surface area contributed by atoms with Crippen LogP contribution in [-0.4, -0.2) is 46.0 Å². The number of benzene rings is 2. The first-order valence-electron chi connectivity index (χ1n) is 15.9. The molecule has 1 aliphatic heterocycles. The number of nitrogens with one attached hydrogen (secondary N) is 4. The van der Waals surface area contributed by atoms with Crippen LogP contribution in [0.5, 0.6) is 0 Å². The van der Waals surface area contributed by atoms with Crippen LogP contribution < -0.4 is 16.0 Å². The Labute approximate surface area is 268 Å². The zero-order valence-corrected chi connectivity index (χ0v) is 28.4. The van der Waals surface area contributed by atoms with Gasteiger partial charge in [0.1, 0.15) is 17.3 Å². The fourth-order valence-electron chi connectivity index (χ4n) is 5.12. The van der Waals surface area contributed by atoms with Gasteiger partial charge in [0.25, 0.3) is 0 Å². The molecule has 4 N–H and O–H groups in total. The van der Waals surface area contributed by atoms with Crippen molar-refractivity contribution in [1.82, 2.24) is 25.9 Å². The molecule has 2 heterocycles. The first-order chi connectivity index (χ1) is 21.0. The summed E-state index contributed by atoms with van der Waals surface area (Å²) < 4.78 is 5.47. The van der Waals surface area contributed by atoms with E-state index in [0.717, 1.165) is 39.6 Å². The molecule has 0 aliphatic carbocycles. The highest BCUT2D eigenvalue weighted by Crippen LogP contribution is 2.29. The maximum Gasteiger partial charge on any atom is 0.408 e. The predicted octanol–water partition coefficient (Wildman–Crippen LogP) is 7.20. The Morgan fingerprint density at radius 2 is 1.38 bits per heavy atom. The Morgan fingerprint density at radius 1 is 0.822 bits per heavy atom. The molecule has 0 fully saturated rings. The summed E-state index contributed by atoms with van der Waals surface area (Å²) in [4.78, 5) is 37.9. The third-order valence-electron chi connectivity index (χ3n) is 7.77. The second-order valence-electron chi connectivity index (χ2n) is 14.6. The first kappa shape index (κ1) is 33.7. The molecule has 1 aliphatic rings. The monoisotopic (exact) mass is 614 g/mol. The number of aromatic nitrogens is 2. The lowest BCUT2D eigenvalue weighted by Gasteiger charge is -2.26. The number of rotatable bonds is 9. The van der Waals surface area contributed by atoms with Crippen LogP contribution >= 0.6 is 0 Å². The molecular formula is C36H50N6O3. The topological polar surface area (TPSA) is 120 Å². The summed E-state index contributed by atoms with van der Waals surface area (Å²) in [6.07, 6.45) is 1.39. The molecule has 0 spiro atoms. The van der Waals surface area contributed by atoms with E-state index >= 15 is 0 Å². The van der Waals surface area contributed by atoms with E-state index in [1.54, 1.807) is 0 Å². The van der Waals surface area contributed by atoms with Crippen molar-refractivity contribution >= 4 is 17.8 Å². The zero-order valence-electron chi connectivity index (χ0n) is 28.4. The van der Waals surface area contributed by atoms with Crippen molar-refractivity contribution < 1.29 is 14.3 Å². The number of carbonyl (C=O) groups is 2. The van der Waals surface area contributed by atoms with Gasteiger partial charge in [0, 0.05) is 5.41 Å². The number of hydrogen-bond acceptors (Lipinski definition) is 6. The summed E-state index contributed by atoms with van der Waals surface area (Å²) in [6.45, 7) is 20.2. The van der Waals surface area contributed by atoms with Gasteiger partial charge in [-0.2, -0.15) is 0 Å². The standard InChI is InChI=1S/C36H50N6O3/c1-21(2)29(41-33(43)35(5,6)7)31-37-19-27(39-31)25-15-11-23(12-16-25)24-13-17-26(18-14-24)28-20-38-32(40-28)30(22(3)4)42-34(44)45-36(8,9)10/h11-19,21-22,28-30H,20H2,1-10H3,(H,37,39)(H,38,40)(H,41,43)(H,42,44)/t28?,29-,30-/m0/s1. The van der Waals surface area contributed by atoms with Crippen molar-refractivity contribution in [2.75, 3.05) is 6.54 Å². The minimum atomic E-state index is -0.562. The lowest BCUT2D eigenvalue weighted by molar-refractivity contribution is -0.129. The Hall–Kier alpha value is -4.14. The maximum absolute atomic E-state index is 12.7. The lowest BCUT2D eigenvalue weighted by atomic mass is 9.94. The van der Waals surface area contributed by atoms with Gasteiger partial charge in [-0.25, -0.2) is 9.78 Å². The number of amidine groups is 1. The Morgan fingerprint density at radius 3 is 1.91 bits per heavy atom. The Balaban J connectivity index is 1.40. The molecule has 0 radical (unpaired) electrons. The normalized spacial score (nSPS) is 16.6. The summed E-state index contributed by atoms with van der Waals surface area (Å²) in [7, 11) is 0. The third-order valence-corrected chi connectivity index (χ3v) is 7.77. The van der Waals surface area contributed by atoms with Crippen LogP contribution in [0, 0.1) is 17.3 Å². The van der Waals surface area contributed by atoms with Crippen LogP contribution in [0.3, 0.4) is 0 Å². The van der Waals surface area contributed by atoms with Crippen molar-refractivity contribution in [2.24, 2.45) is 22.2 Å². The van der Waals surface area contributed by atoms with Crippen LogP contribution in [0.4, 0.5) is 4.79 Å². The van der Waals surface area contributed by atoms with Crippen molar-refractivity contribution in [3.8, 4) is 22.4 Å². The minimum Gasteiger partial charge on any atom is -0.444 e. The molecule has 242 valence electrons. The highest BCUT2D eigenvalue weighted by atomic mass is 16.6. The number of H-pyrrole nitrogens is 1. The molecule has 1 unspecified atom stereocenters. The van der Waals surface area contributed by atoms with Gasteiger partial charge in [0.15, 0.2) is 0 Å². The number of nitrogens with zero attached hydrogens (tertiary/aromatic N) is 2. The van der Waals surface area contributed by atoms with E-state index in [1.807, 2.05) is 47.7 Å². The molecule has 2 aromatic carbocycles. The summed E-state index contributed by atoms with van der Waals surface area (Å²) in [6, 6.07) is 16.5. The Kier molecular flexibility index (Phi) is 10.1. The first-order valence-corrected chi connectivity index (χ1v) is 15.9. The summed E-state index contributed by atoms with van der Waals surface area (Å²) in [5.41, 5.74) is 4.26. The molecule has 9 nitrogen and oxygen atoms in total. The van der Waals surface area contributed by atoms with Gasteiger partial charge in [0.2, 0.25) is 5.91 Å². The molecular weight excluding hydrogens is 564 g/mol. The number of carbonyl (C=O) groups excluding carboxylic acids is 2. The van der Waals surface area contributed by atoms with Crippen molar-refractivity contribution in [3.63, 3.8) is 0 Å². The summed E-state index contributed by atoms with van der Waals surface area (Å²) in [5.74, 6) is 1.86. The largest absolute Gasteiger partial charge is 0.444 e. The Bertz CT molecular complexity index is 1490. The summed E-state index contributed by atoms with van der Waals surface area (Å²) >= 11 is 0. The van der Waals surface area contributed by atoms with E-state index in [-0.39, 0.29) is 35.9 Å². The smallest absolute Gasteiger partial charge is 0.408 e. The highest BCUT2D eigenvalue weighted by Gasteiger charge is 2.31. The maximum atomic E-state index is 12.7. The molecule has 0 bridgehead atoms. The van der Waals surface area contributed by atoms with E-state index in [2.05, 4.69) is 102 Å². The zero-order chi connectivity index (χ0) is 33.1. The summed E-state index contributed by atoms with van der Waals surface area (Å²) in [5, 5.41) is 9.66. The van der Waals surface area contributed by atoms with Crippen LogP contribution in [0.1, 0.15) is 92.7 Å². The molecule has 1 aromatic heterocycles. The molecule has 9 heteroatoms. The van der Waals surface area contributed by atoms with E-state index in [1.165, 1.54) is 0 Å². The molecule has 0 saturated carbocycles. The van der Waals surface area contributed by atoms with Crippen LogP contribution in [-0.2, 0) is 9.53 Å². The number of alkyl carbamates (subject to hydrolysis) is 1. The van der Waals surface area contributed by atoms with Gasteiger partial charge in [-0.1, -0.05) is 97.0 Å². The van der Waals surface area contributed by atoms with Gasteiger partial charge >= 0.3 is 6.09 Å². The van der Waals surface area contributed by atoms with Crippen LogP contribution in [0.2, 0.25) is 0 Å². The average Bonchev–Trinajstić information content (AvgIpc) is 3.64. The fraction of sp³-hybridized carbons (Fsp3) is 0.500. The number of imidazole rings is 1. The van der Waals surface area contributed by atoms with Gasteiger partial charge < -0.3 is 25.7 Å². The second kappa shape index (κ2) is 13.5. The van der Waals surface area contributed by atoms with Gasteiger partial charge in [-0.05, 0) is 54.9 Å². The lowest BCUT2D eigenvalue weighted by Crippen LogP contribution is -2.50. The van der Waals surface area contributed by atoms with Gasteiger partial charge in [-0.3, -0.25) is 9.79 Å². The molecule has 45 heavy (non-hydrogen) atoms. The number of hydrogen-bond donors (Lipinski definition) is 4. The molecule has 3 aromatic rings. The number of aromatic amines is 1. The minimum absolute atomic E-state index is 0.00107. The number of ether oxygens (including phenoxy) is 1. The highest BCUT2D eigenvalue weighted by molar-refractivity contribution is 5.92. The van der Waals surface area contributed by atoms with Crippen LogP contribution in [0.25, 0.3) is 22.4 Å². The van der Waals surface area contributed by atoms with Gasteiger partial charge in [0.05, 0.1) is 36.6 Å². The third kappa shape index (κ3) is 8.74. The van der Waals surface area contributed by atoms with E-state index in [4.69, 9.17) is 9.73 Å². The molecule has 0 saturated heterocycles. The van der Waals surface area contributed by atoms with E-state index < -0.39 is 17.1 Å². The van der Waals surface area contributed by atoms with Gasteiger partial charge in [-0.15, -0.1) is 0 Å². The number of aliphatic imine (C=N–C) groups is 1. The fourth-order valence-corrected chi connectivity index (χ4v) is 5.12. The van der Waals surface area contributed by atoms with Crippen molar-refractivity contribution in [2.45, 2.75) is 93.0 Å². The van der Waals surface area contributed by atoms with Crippen molar-refractivity contribution in [3.05, 3.63) is 66.1 Å². The predicted molar refractivity (Wildman–Crippen MR) is 181 cm³/mol. The van der Waals surface area contributed by atoms with E-state index in [9.17, 15) is 9.59 Å². The second-order valence-corrected chi connectivity index (χ2v) is 14.6. The average molecular weight is 615 g/mol. The van der Waals surface area contributed by atoms with Crippen molar-refractivity contribution in [1.29, 1.82) is 0 Å². The molecule has 2 amide bonds. The molecule has 4 rings (SSSR count). The van der Waals surface area contributed by atoms with E-state index in [0.29, 0.717) is 6.54 Å². The quantitative estimate of drug-likeness (QED) is 0.203. The van der Waals surface area contributed by atoms with Crippen LogP contribution in [0.15, 0.2) is 59.7 Å². The molecule has 3 atom stereocenters. The number of amides is 2. The SMILES string of the molecule is CC(C)[C@H](NC(=O)OC(C)(C)C)C1=NCC(c2ccc(-c3ccc(-c4cnc([C@@H](NC(=O)C(C)(C)C)C(C)C)[nH]4)cc3)cc2)N1.